The lowest BCUT2D eigenvalue weighted by atomic mass is 9.80. The molecule has 1 atom stereocenters. The number of hydrogen-bond donors (Lipinski definition) is 1. The van der Waals surface area contributed by atoms with Crippen molar-refractivity contribution < 1.29 is 28.7 Å². The van der Waals surface area contributed by atoms with Crippen LogP contribution in [0.5, 0.6) is 0 Å². The minimum atomic E-state index is -0.900. The van der Waals surface area contributed by atoms with Gasteiger partial charge in [0.15, 0.2) is 0 Å². The highest BCUT2D eigenvalue weighted by atomic mass is 16.6. The number of pyridine rings is 1. The van der Waals surface area contributed by atoms with Gasteiger partial charge in [-0.3, -0.25) is 15.1 Å². The Bertz CT molecular complexity index is 1590. The van der Waals surface area contributed by atoms with Gasteiger partial charge in [0.1, 0.15) is 0 Å². The van der Waals surface area contributed by atoms with E-state index < -0.39 is 22.8 Å². The second-order valence-corrected chi connectivity index (χ2v) is 10.5. The van der Waals surface area contributed by atoms with Crippen molar-refractivity contribution in [2.24, 2.45) is 0 Å². The van der Waals surface area contributed by atoms with Crippen LogP contribution in [0.1, 0.15) is 55.4 Å². The van der Waals surface area contributed by atoms with Crippen molar-refractivity contribution in [3.8, 4) is 0 Å². The molecule has 2 aromatic carbocycles. The number of aromatic nitrogens is 1. The van der Waals surface area contributed by atoms with Crippen LogP contribution in [0.25, 0.3) is 6.08 Å². The van der Waals surface area contributed by atoms with E-state index >= 15 is 0 Å². The van der Waals surface area contributed by atoms with Gasteiger partial charge in [-0.2, -0.15) is 0 Å². The van der Waals surface area contributed by atoms with Crippen LogP contribution in [-0.2, 0) is 30.2 Å². The molecule has 0 fully saturated rings. The molecule has 0 saturated carbocycles. The van der Waals surface area contributed by atoms with Crippen LogP contribution in [0.2, 0.25) is 0 Å². The number of nitro groups is 1. The van der Waals surface area contributed by atoms with Gasteiger partial charge in [0.25, 0.3) is 5.69 Å². The first-order valence-corrected chi connectivity index (χ1v) is 14.8. The van der Waals surface area contributed by atoms with Gasteiger partial charge in [0.05, 0.1) is 48.4 Å². The van der Waals surface area contributed by atoms with E-state index in [0.29, 0.717) is 36.6 Å². The summed E-state index contributed by atoms with van der Waals surface area (Å²) in [5.74, 6) is -2.14. The number of ether oxygens (including phenoxy) is 3. The zero-order valence-electron chi connectivity index (χ0n) is 25.7. The number of non-ortho nitro benzene ring substituents is 1. The minimum absolute atomic E-state index is 0.0941. The van der Waals surface area contributed by atoms with Gasteiger partial charge in [-0.05, 0) is 55.5 Å². The minimum Gasteiger partial charge on any atom is -0.463 e. The third-order valence-electron chi connectivity index (χ3n) is 7.19. The van der Waals surface area contributed by atoms with Gasteiger partial charge in [0.2, 0.25) is 0 Å². The van der Waals surface area contributed by atoms with Crippen molar-refractivity contribution in [2.75, 3.05) is 26.4 Å². The summed E-state index contributed by atoms with van der Waals surface area (Å²) in [6, 6.07) is 18.2. The molecule has 10 nitrogen and oxygen atoms in total. The van der Waals surface area contributed by atoms with Crippen molar-refractivity contribution in [2.45, 2.75) is 39.5 Å². The molecule has 0 saturated heterocycles. The number of carbonyl (C=O) groups excluding carboxylic acids is 2. The van der Waals surface area contributed by atoms with E-state index in [1.807, 2.05) is 24.4 Å². The molecule has 234 valence electrons. The Morgan fingerprint density at radius 3 is 2.36 bits per heavy atom. The zero-order chi connectivity index (χ0) is 32.2. The Hall–Kier alpha value is -5.09. The average molecular weight is 612 g/mol. The van der Waals surface area contributed by atoms with Crippen molar-refractivity contribution in [3.63, 3.8) is 0 Å². The first-order valence-electron chi connectivity index (χ1n) is 14.8. The Labute approximate surface area is 262 Å². The molecule has 1 aromatic heterocycles. The fraction of sp³-hybridized carbons (Fsp3) is 0.286. The number of nitrogens with zero attached hydrogens (tertiary/aromatic N) is 2. The largest absolute Gasteiger partial charge is 0.463 e. The maximum absolute atomic E-state index is 13.4. The average Bonchev–Trinajstić information content (AvgIpc) is 3.03. The molecule has 3 aromatic rings. The number of rotatable bonds is 14. The number of nitro benzene ring substituents is 1. The maximum atomic E-state index is 13.4. The topological polar surface area (TPSA) is 130 Å². The predicted octanol–water partition coefficient (Wildman–Crippen LogP) is 6.04. The van der Waals surface area contributed by atoms with Crippen LogP contribution in [0, 0.1) is 10.1 Å². The van der Waals surface area contributed by atoms with Crippen LogP contribution >= 0.6 is 0 Å². The Balaban J connectivity index is 1.30. The number of carbonyl (C=O) groups is 2. The molecule has 0 amide bonds. The summed E-state index contributed by atoms with van der Waals surface area (Å²) in [5, 5.41) is 14.6. The molecule has 0 radical (unpaired) electrons. The zero-order valence-corrected chi connectivity index (χ0v) is 25.7. The molecular formula is C35H37N3O7. The second-order valence-electron chi connectivity index (χ2n) is 10.5. The summed E-state index contributed by atoms with van der Waals surface area (Å²) in [6.07, 6.45) is 8.85. The normalized spacial score (nSPS) is 14.8. The standard InChI is InChI=1S/C35H37N3O7/c1-4-44-34(39)31-24(2)37-25(3)32(33(31)29-11-5-12-30(22-29)38(41)42)35(40)45-20-8-19-43-18-7-10-26-13-15-27(16-14-26)21-28-9-6-17-36-23-28/h5-7,9-17,22-23,33,37H,4,8,18-21H2,1-3H3/b10-7+. The van der Waals surface area contributed by atoms with Crippen molar-refractivity contribution in [1.82, 2.24) is 10.3 Å². The fourth-order valence-corrected chi connectivity index (χ4v) is 5.12. The molecule has 1 aliphatic rings. The molecule has 0 aliphatic carbocycles. The van der Waals surface area contributed by atoms with Gasteiger partial charge in [0, 0.05) is 42.3 Å². The van der Waals surface area contributed by atoms with E-state index in [9.17, 15) is 19.7 Å². The van der Waals surface area contributed by atoms with E-state index in [0.717, 1.165) is 17.5 Å². The van der Waals surface area contributed by atoms with Gasteiger partial charge < -0.3 is 19.5 Å². The van der Waals surface area contributed by atoms with Crippen molar-refractivity contribution >= 4 is 23.7 Å². The maximum Gasteiger partial charge on any atom is 0.336 e. The number of dihydropyridines is 1. The van der Waals surface area contributed by atoms with E-state index in [4.69, 9.17) is 14.2 Å². The molecule has 1 aliphatic heterocycles. The molecule has 0 spiro atoms. The van der Waals surface area contributed by atoms with Crippen LogP contribution in [0.4, 0.5) is 5.69 Å². The van der Waals surface area contributed by atoms with Crippen LogP contribution in [0.3, 0.4) is 0 Å². The van der Waals surface area contributed by atoms with Gasteiger partial charge in [-0.15, -0.1) is 0 Å². The Kier molecular flexibility index (Phi) is 11.8. The summed E-state index contributed by atoms with van der Waals surface area (Å²) in [6.45, 7) is 6.10. The highest BCUT2D eigenvalue weighted by molar-refractivity contribution is 6.00. The molecular weight excluding hydrogens is 574 g/mol. The third kappa shape index (κ3) is 8.96. The molecule has 0 bridgehead atoms. The molecule has 1 N–H and O–H groups in total. The summed E-state index contributed by atoms with van der Waals surface area (Å²) in [7, 11) is 0. The number of hydrogen-bond acceptors (Lipinski definition) is 9. The lowest BCUT2D eigenvalue weighted by Crippen LogP contribution is -2.32. The second kappa shape index (κ2) is 16.1. The number of esters is 2. The summed E-state index contributed by atoms with van der Waals surface area (Å²) in [5.41, 5.74) is 5.09. The van der Waals surface area contributed by atoms with E-state index in [2.05, 4.69) is 40.6 Å². The van der Waals surface area contributed by atoms with Crippen molar-refractivity contribution in [3.05, 3.63) is 134 Å². The highest BCUT2D eigenvalue weighted by Crippen LogP contribution is 2.40. The van der Waals surface area contributed by atoms with E-state index in [1.165, 1.54) is 23.8 Å². The van der Waals surface area contributed by atoms with Gasteiger partial charge >= 0.3 is 11.9 Å². The van der Waals surface area contributed by atoms with Crippen LogP contribution in [-0.4, -0.2) is 48.3 Å². The van der Waals surface area contributed by atoms with Crippen LogP contribution < -0.4 is 5.32 Å². The lowest BCUT2D eigenvalue weighted by Gasteiger charge is -2.30. The molecule has 45 heavy (non-hydrogen) atoms. The summed E-state index contributed by atoms with van der Waals surface area (Å²) < 4.78 is 16.5. The monoisotopic (exact) mass is 611 g/mol. The third-order valence-corrected chi connectivity index (χ3v) is 7.19. The number of allylic oxidation sites excluding steroid dienone is 2. The highest BCUT2D eigenvalue weighted by Gasteiger charge is 2.38. The number of benzene rings is 2. The smallest absolute Gasteiger partial charge is 0.336 e. The fourth-order valence-electron chi connectivity index (χ4n) is 5.12. The predicted molar refractivity (Wildman–Crippen MR) is 170 cm³/mol. The van der Waals surface area contributed by atoms with Crippen LogP contribution in [0.15, 0.2) is 102 Å². The molecule has 1 unspecified atom stereocenters. The summed E-state index contributed by atoms with van der Waals surface area (Å²) >= 11 is 0. The van der Waals surface area contributed by atoms with Gasteiger partial charge in [-0.25, -0.2) is 9.59 Å². The van der Waals surface area contributed by atoms with Gasteiger partial charge in [-0.1, -0.05) is 54.6 Å². The van der Waals surface area contributed by atoms with Crippen molar-refractivity contribution in [1.29, 1.82) is 0 Å². The molecule has 4 rings (SSSR count). The first kappa shape index (κ1) is 32.8. The molecule has 10 heteroatoms. The first-order chi connectivity index (χ1) is 21.8. The Morgan fingerprint density at radius 2 is 1.69 bits per heavy atom. The molecule has 2 heterocycles. The quantitative estimate of drug-likeness (QED) is 0.100. The van der Waals surface area contributed by atoms with E-state index in [1.54, 1.807) is 33.0 Å². The lowest BCUT2D eigenvalue weighted by molar-refractivity contribution is -0.384. The van der Waals surface area contributed by atoms with E-state index in [-0.39, 0.29) is 30.0 Å². The SMILES string of the molecule is CCOC(=O)C1=C(C)NC(C)=C(C(=O)OCCCOC/C=C/c2ccc(Cc3cccnc3)cc2)C1c1cccc([N+](=O)[O-])c1. The number of nitrogens with one attached hydrogen (secondary N) is 1. The Morgan fingerprint density at radius 1 is 0.956 bits per heavy atom. The summed E-state index contributed by atoms with van der Waals surface area (Å²) in [4.78, 5) is 41.5.